The van der Waals surface area contributed by atoms with Crippen LogP contribution in [0, 0.1) is 5.92 Å². The van der Waals surface area contributed by atoms with Gasteiger partial charge in [-0.1, -0.05) is 49.1 Å². The Morgan fingerprint density at radius 1 is 1.13 bits per heavy atom. The minimum Gasteiger partial charge on any atom is -0.481 e. The zero-order chi connectivity index (χ0) is 16.4. The number of carboxylic acids is 1. The summed E-state index contributed by atoms with van der Waals surface area (Å²) in [6.45, 7) is 0. The summed E-state index contributed by atoms with van der Waals surface area (Å²) in [5.74, 6) is -1.36. The summed E-state index contributed by atoms with van der Waals surface area (Å²) in [4.78, 5) is 26.3. The van der Waals surface area contributed by atoms with Crippen LogP contribution < -0.4 is 0 Å². The van der Waals surface area contributed by atoms with Gasteiger partial charge in [-0.3, -0.25) is 9.59 Å². The molecule has 0 radical (unpaired) electrons. The average Bonchev–Trinajstić information content (AvgIpc) is 2.55. The van der Waals surface area contributed by atoms with E-state index in [1.54, 1.807) is 6.07 Å². The lowest BCUT2D eigenvalue weighted by atomic mass is 9.81. The van der Waals surface area contributed by atoms with Crippen molar-refractivity contribution in [2.24, 2.45) is 5.92 Å². The first kappa shape index (κ1) is 16.3. The van der Waals surface area contributed by atoms with Gasteiger partial charge in [0.05, 0.1) is 12.0 Å². The molecule has 0 bridgehead atoms. The molecule has 4 nitrogen and oxygen atoms in total. The van der Waals surface area contributed by atoms with E-state index in [4.69, 9.17) is 11.6 Å². The number of benzene rings is 1. The molecular formula is C18H22ClNO3. The summed E-state index contributed by atoms with van der Waals surface area (Å²) in [5, 5.41) is 10.2. The van der Waals surface area contributed by atoms with E-state index < -0.39 is 17.9 Å². The van der Waals surface area contributed by atoms with E-state index >= 15 is 0 Å². The molecule has 1 aliphatic heterocycles. The van der Waals surface area contributed by atoms with Gasteiger partial charge in [-0.15, -0.1) is 0 Å². The van der Waals surface area contributed by atoms with Gasteiger partial charge < -0.3 is 10.0 Å². The Hall–Kier alpha value is -1.55. The van der Waals surface area contributed by atoms with Crippen LogP contribution in [0.4, 0.5) is 0 Å². The van der Waals surface area contributed by atoms with Gasteiger partial charge in [0, 0.05) is 17.5 Å². The fourth-order valence-electron chi connectivity index (χ4n) is 4.04. The quantitative estimate of drug-likeness (QED) is 0.907. The Kier molecular flexibility index (Phi) is 4.90. The largest absolute Gasteiger partial charge is 0.481 e. The first-order chi connectivity index (χ1) is 11.1. The average molecular weight is 336 g/mol. The molecule has 0 spiro atoms. The van der Waals surface area contributed by atoms with Gasteiger partial charge in [0.25, 0.3) is 0 Å². The first-order valence-electron chi connectivity index (χ1n) is 8.38. The summed E-state index contributed by atoms with van der Waals surface area (Å²) >= 11 is 6.35. The van der Waals surface area contributed by atoms with Crippen LogP contribution >= 0.6 is 11.6 Å². The zero-order valence-electron chi connectivity index (χ0n) is 13.1. The number of carboxylic acid groups (broad SMARTS) is 1. The Balaban J connectivity index is 2.02. The van der Waals surface area contributed by atoms with E-state index in [9.17, 15) is 14.7 Å². The second-order valence-electron chi connectivity index (χ2n) is 6.54. The lowest BCUT2D eigenvalue weighted by Gasteiger charge is -2.45. The van der Waals surface area contributed by atoms with Crippen molar-refractivity contribution in [1.29, 1.82) is 0 Å². The highest BCUT2D eigenvalue weighted by Crippen LogP contribution is 2.43. The predicted octanol–water partition coefficient (Wildman–Crippen LogP) is 4.04. The van der Waals surface area contributed by atoms with Crippen LogP contribution in [0.2, 0.25) is 5.02 Å². The monoisotopic (exact) mass is 335 g/mol. The van der Waals surface area contributed by atoms with Gasteiger partial charge in [-0.25, -0.2) is 0 Å². The third kappa shape index (κ3) is 3.23. The second-order valence-corrected chi connectivity index (χ2v) is 6.95. The minimum atomic E-state index is -0.844. The van der Waals surface area contributed by atoms with Gasteiger partial charge in [0.15, 0.2) is 0 Å². The number of hydrogen-bond donors (Lipinski definition) is 1. The molecule has 23 heavy (non-hydrogen) atoms. The highest BCUT2D eigenvalue weighted by atomic mass is 35.5. The summed E-state index contributed by atoms with van der Waals surface area (Å²) < 4.78 is 0. The zero-order valence-corrected chi connectivity index (χ0v) is 13.8. The van der Waals surface area contributed by atoms with E-state index in [1.807, 2.05) is 23.1 Å². The molecule has 1 saturated carbocycles. The molecular weight excluding hydrogens is 314 g/mol. The number of aliphatic carboxylic acids is 1. The number of piperidine rings is 1. The second kappa shape index (κ2) is 6.91. The first-order valence-corrected chi connectivity index (χ1v) is 8.76. The minimum absolute atomic E-state index is 0.0688. The molecule has 3 rings (SSSR count). The third-order valence-electron chi connectivity index (χ3n) is 5.15. The molecule has 2 atom stereocenters. The predicted molar refractivity (Wildman–Crippen MR) is 88.3 cm³/mol. The number of nitrogens with zero attached hydrogens (tertiary/aromatic N) is 1. The molecule has 0 unspecified atom stereocenters. The van der Waals surface area contributed by atoms with Crippen LogP contribution in [-0.4, -0.2) is 27.9 Å². The highest BCUT2D eigenvalue weighted by Gasteiger charge is 2.44. The summed E-state index contributed by atoms with van der Waals surface area (Å²) in [6.07, 6.45) is 6.00. The fraction of sp³-hybridized carbons (Fsp3) is 0.556. The van der Waals surface area contributed by atoms with Gasteiger partial charge >= 0.3 is 5.97 Å². The van der Waals surface area contributed by atoms with Crippen molar-refractivity contribution in [3.05, 3.63) is 34.9 Å². The number of carbonyl (C=O) groups is 2. The van der Waals surface area contributed by atoms with Crippen molar-refractivity contribution >= 4 is 23.5 Å². The number of likely N-dealkylation sites (tertiary alicyclic amines) is 1. The molecule has 124 valence electrons. The van der Waals surface area contributed by atoms with E-state index in [1.165, 1.54) is 6.42 Å². The van der Waals surface area contributed by atoms with Crippen molar-refractivity contribution in [3.8, 4) is 0 Å². The smallest absolute Gasteiger partial charge is 0.308 e. The molecule has 1 aromatic carbocycles. The molecule has 1 heterocycles. The van der Waals surface area contributed by atoms with E-state index in [0.717, 1.165) is 31.2 Å². The maximum Gasteiger partial charge on any atom is 0.308 e. The lowest BCUT2D eigenvalue weighted by molar-refractivity contribution is -0.154. The van der Waals surface area contributed by atoms with Gasteiger partial charge in [0.2, 0.25) is 5.91 Å². The Morgan fingerprint density at radius 3 is 2.48 bits per heavy atom. The number of carbonyl (C=O) groups excluding carboxylic acids is 1. The molecule has 1 N–H and O–H groups in total. The molecule has 0 aromatic heterocycles. The SMILES string of the molecule is O=C(O)[C@H]1CCC(=O)N(C2CCCCC2)[C@@H]1c1ccccc1Cl. The normalized spacial score (nSPS) is 26.3. The number of rotatable bonds is 3. The Labute approximate surface area is 141 Å². The lowest BCUT2D eigenvalue weighted by Crippen LogP contribution is -2.50. The van der Waals surface area contributed by atoms with E-state index in [0.29, 0.717) is 17.9 Å². The fourth-order valence-corrected chi connectivity index (χ4v) is 4.29. The topological polar surface area (TPSA) is 57.6 Å². The molecule has 1 amide bonds. The van der Waals surface area contributed by atoms with Crippen LogP contribution in [0.5, 0.6) is 0 Å². The summed E-state index contributed by atoms with van der Waals surface area (Å²) in [6, 6.07) is 7.01. The van der Waals surface area contributed by atoms with Gasteiger partial charge in [0.1, 0.15) is 0 Å². The number of amides is 1. The maximum atomic E-state index is 12.6. The molecule has 2 fully saturated rings. The molecule has 2 aliphatic rings. The standard InChI is InChI=1S/C18H22ClNO3/c19-15-9-5-4-8-13(15)17-14(18(22)23)10-11-16(21)20(17)12-6-2-1-3-7-12/h4-5,8-9,12,14,17H,1-3,6-7,10-11H2,(H,22,23)/t14-,17+/m0/s1. The van der Waals surface area contributed by atoms with Gasteiger partial charge in [-0.2, -0.15) is 0 Å². The summed E-state index contributed by atoms with van der Waals surface area (Å²) in [5.41, 5.74) is 0.764. The van der Waals surface area contributed by atoms with Crippen LogP contribution in [0.3, 0.4) is 0 Å². The van der Waals surface area contributed by atoms with Crippen molar-refractivity contribution < 1.29 is 14.7 Å². The van der Waals surface area contributed by atoms with Crippen molar-refractivity contribution in [1.82, 2.24) is 4.90 Å². The highest BCUT2D eigenvalue weighted by molar-refractivity contribution is 6.31. The van der Waals surface area contributed by atoms with Crippen LogP contribution in [-0.2, 0) is 9.59 Å². The van der Waals surface area contributed by atoms with Gasteiger partial charge in [-0.05, 0) is 30.9 Å². The number of hydrogen-bond acceptors (Lipinski definition) is 2. The van der Waals surface area contributed by atoms with Crippen molar-refractivity contribution in [2.75, 3.05) is 0 Å². The Morgan fingerprint density at radius 2 is 1.83 bits per heavy atom. The summed E-state index contributed by atoms with van der Waals surface area (Å²) in [7, 11) is 0. The molecule has 1 saturated heterocycles. The van der Waals surface area contributed by atoms with E-state index in [-0.39, 0.29) is 11.9 Å². The van der Waals surface area contributed by atoms with Crippen LogP contribution in [0.1, 0.15) is 56.6 Å². The van der Waals surface area contributed by atoms with E-state index in [2.05, 4.69) is 0 Å². The third-order valence-corrected chi connectivity index (χ3v) is 5.49. The molecule has 5 heteroatoms. The maximum absolute atomic E-state index is 12.6. The Bertz CT molecular complexity index is 598. The van der Waals surface area contributed by atoms with Crippen LogP contribution in [0.15, 0.2) is 24.3 Å². The molecule has 1 aliphatic carbocycles. The van der Waals surface area contributed by atoms with Crippen molar-refractivity contribution in [2.45, 2.75) is 57.0 Å². The van der Waals surface area contributed by atoms with Crippen molar-refractivity contribution in [3.63, 3.8) is 0 Å². The van der Waals surface area contributed by atoms with Crippen LogP contribution in [0.25, 0.3) is 0 Å². The number of halogens is 1. The molecule has 1 aromatic rings.